The fraction of sp³-hybridized carbons (Fsp3) is 0.333. The Labute approximate surface area is 98.8 Å². The van der Waals surface area contributed by atoms with Crippen LogP contribution in [0.5, 0.6) is 0 Å². The van der Waals surface area contributed by atoms with Crippen LogP contribution in [-0.2, 0) is 0 Å². The number of hydrogen-bond acceptors (Lipinski definition) is 4. The highest BCUT2D eigenvalue weighted by atomic mass is 16.6. The maximum Gasteiger partial charge on any atom is 0.224 e. The van der Waals surface area contributed by atoms with Crippen molar-refractivity contribution in [2.75, 3.05) is 0 Å². The van der Waals surface area contributed by atoms with E-state index in [4.69, 9.17) is 5.26 Å². The lowest BCUT2D eigenvalue weighted by Crippen LogP contribution is -2.33. The first-order valence-electron chi connectivity index (χ1n) is 5.04. The summed E-state index contributed by atoms with van der Waals surface area (Å²) in [5, 5.41) is 19.4. The summed E-state index contributed by atoms with van der Waals surface area (Å²) in [6.07, 6.45) is -0.186. The van der Waals surface area contributed by atoms with Gasteiger partial charge in [-0.3, -0.25) is 14.9 Å². The lowest BCUT2D eigenvalue weighted by atomic mass is 9.94. The second-order valence-corrected chi connectivity index (χ2v) is 4.36. The molecular formula is C12H12N2O3. The zero-order chi connectivity index (χ0) is 13.1. The summed E-state index contributed by atoms with van der Waals surface area (Å²) in [5.74, 6) is -0.330. The number of carbonyl (C=O) groups excluding carboxylic acids is 1. The SMILES string of the molecule is CC(C)(CC(=O)c1cccc(C#N)c1)[N+](=O)[O-]. The van der Waals surface area contributed by atoms with E-state index in [0.717, 1.165) is 0 Å². The van der Waals surface area contributed by atoms with Gasteiger partial charge in [-0.05, 0) is 12.1 Å². The van der Waals surface area contributed by atoms with Crippen LogP contribution in [0.3, 0.4) is 0 Å². The molecule has 0 fully saturated rings. The van der Waals surface area contributed by atoms with Gasteiger partial charge in [0.05, 0.1) is 18.1 Å². The molecule has 1 rings (SSSR count). The average Bonchev–Trinajstić information content (AvgIpc) is 2.28. The van der Waals surface area contributed by atoms with Crippen molar-refractivity contribution < 1.29 is 9.72 Å². The fourth-order valence-electron chi connectivity index (χ4n) is 1.32. The third-order valence-electron chi connectivity index (χ3n) is 2.40. The van der Waals surface area contributed by atoms with Crippen molar-refractivity contribution >= 4 is 5.78 Å². The first-order valence-corrected chi connectivity index (χ1v) is 5.04. The van der Waals surface area contributed by atoms with Gasteiger partial charge in [-0.1, -0.05) is 12.1 Å². The van der Waals surface area contributed by atoms with Crippen molar-refractivity contribution in [1.82, 2.24) is 0 Å². The molecule has 88 valence electrons. The minimum Gasteiger partial charge on any atom is -0.294 e. The molecule has 0 bridgehead atoms. The zero-order valence-corrected chi connectivity index (χ0v) is 9.64. The number of carbonyl (C=O) groups is 1. The molecule has 0 amide bonds. The minimum absolute atomic E-state index is 0.186. The van der Waals surface area contributed by atoms with E-state index in [1.165, 1.54) is 19.9 Å². The molecule has 0 aromatic heterocycles. The predicted molar refractivity (Wildman–Crippen MR) is 61.2 cm³/mol. The maximum atomic E-state index is 11.8. The molecule has 0 heterocycles. The van der Waals surface area contributed by atoms with Crippen LogP contribution < -0.4 is 0 Å². The van der Waals surface area contributed by atoms with E-state index in [0.29, 0.717) is 11.1 Å². The monoisotopic (exact) mass is 232 g/mol. The van der Waals surface area contributed by atoms with Gasteiger partial charge in [-0.2, -0.15) is 5.26 Å². The molecule has 0 saturated heterocycles. The Hall–Kier alpha value is -2.22. The van der Waals surface area contributed by atoms with E-state index in [-0.39, 0.29) is 12.2 Å². The van der Waals surface area contributed by atoms with Crippen LogP contribution in [-0.4, -0.2) is 16.2 Å². The second kappa shape index (κ2) is 4.74. The summed E-state index contributed by atoms with van der Waals surface area (Å²) in [6.45, 7) is 2.80. The van der Waals surface area contributed by atoms with E-state index in [1.807, 2.05) is 6.07 Å². The van der Waals surface area contributed by atoms with Gasteiger partial charge in [0.2, 0.25) is 5.54 Å². The molecule has 17 heavy (non-hydrogen) atoms. The molecule has 1 aromatic carbocycles. The summed E-state index contributed by atoms with van der Waals surface area (Å²) in [4.78, 5) is 22.1. The molecule has 0 aliphatic heterocycles. The molecule has 0 N–H and O–H groups in total. The molecule has 0 atom stereocenters. The van der Waals surface area contributed by atoms with Gasteiger partial charge in [0.1, 0.15) is 0 Å². The van der Waals surface area contributed by atoms with Crippen LogP contribution in [0, 0.1) is 21.4 Å². The molecule has 0 spiro atoms. The lowest BCUT2D eigenvalue weighted by Gasteiger charge is -2.14. The lowest BCUT2D eigenvalue weighted by molar-refractivity contribution is -0.558. The third kappa shape index (κ3) is 3.11. The molecule has 0 aliphatic rings. The van der Waals surface area contributed by atoms with Gasteiger partial charge in [-0.25, -0.2) is 0 Å². The van der Waals surface area contributed by atoms with Crippen LogP contribution in [0.1, 0.15) is 36.2 Å². The number of rotatable bonds is 4. The van der Waals surface area contributed by atoms with Crippen LogP contribution in [0.4, 0.5) is 0 Å². The molecule has 0 saturated carbocycles. The number of hydrogen-bond donors (Lipinski definition) is 0. The molecule has 0 radical (unpaired) electrons. The molecule has 1 aromatic rings. The third-order valence-corrected chi connectivity index (χ3v) is 2.40. The smallest absolute Gasteiger partial charge is 0.224 e. The Morgan fingerprint density at radius 2 is 2.18 bits per heavy atom. The van der Waals surface area contributed by atoms with Gasteiger partial charge in [0.15, 0.2) is 5.78 Å². The number of nitriles is 1. The number of ketones is 1. The summed E-state index contributed by atoms with van der Waals surface area (Å²) in [5.41, 5.74) is -0.589. The normalized spacial score (nSPS) is 10.6. The topological polar surface area (TPSA) is 84.0 Å². The van der Waals surface area contributed by atoms with E-state index in [9.17, 15) is 14.9 Å². The number of benzene rings is 1. The van der Waals surface area contributed by atoms with E-state index >= 15 is 0 Å². The van der Waals surface area contributed by atoms with E-state index in [1.54, 1.807) is 18.2 Å². The Morgan fingerprint density at radius 1 is 1.53 bits per heavy atom. The highest BCUT2D eigenvalue weighted by Gasteiger charge is 2.33. The molecule has 0 unspecified atom stereocenters. The van der Waals surface area contributed by atoms with Crippen LogP contribution in [0.2, 0.25) is 0 Å². The van der Waals surface area contributed by atoms with Gasteiger partial charge in [0.25, 0.3) is 0 Å². The average molecular weight is 232 g/mol. The molecule has 5 nitrogen and oxygen atoms in total. The van der Waals surface area contributed by atoms with Gasteiger partial charge >= 0.3 is 0 Å². The highest BCUT2D eigenvalue weighted by molar-refractivity contribution is 5.96. The summed E-state index contributed by atoms with van der Waals surface area (Å²) in [7, 11) is 0. The number of Topliss-reactive ketones (excluding diaryl/α,β-unsaturated/α-hetero) is 1. The van der Waals surface area contributed by atoms with Crippen molar-refractivity contribution in [3.63, 3.8) is 0 Å². The van der Waals surface area contributed by atoms with Gasteiger partial charge < -0.3 is 0 Å². The van der Waals surface area contributed by atoms with Crippen molar-refractivity contribution in [2.24, 2.45) is 0 Å². The fourth-order valence-corrected chi connectivity index (χ4v) is 1.32. The Bertz CT molecular complexity index is 501. The molecule has 5 heteroatoms. The Kier molecular flexibility index (Phi) is 3.59. The standard InChI is InChI=1S/C12H12N2O3/c1-12(2,14(16)17)7-11(15)10-5-3-4-9(6-10)8-13/h3-6H,7H2,1-2H3. The number of nitrogens with zero attached hydrogens (tertiary/aromatic N) is 2. The Balaban J connectivity index is 2.91. The van der Waals surface area contributed by atoms with Crippen LogP contribution in [0.25, 0.3) is 0 Å². The summed E-state index contributed by atoms with van der Waals surface area (Å²) < 4.78 is 0. The summed E-state index contributed by atoms with van der Waals surface area (Å²) >= 11 is 0. The Morgan fingerprint density at radius 3 is 2.71 bits per heavy atom. The van der Waals surface area contributed by atoms with Crippen molar-refractivity contribution in [3.8, 4) is 6.07 Å². The zero-order valence-electron chi connectivity index (χ0n) is 9.64. The van der Waals surface area contributed by atoms with Gasteiger partial charge in [0, 0.05) is 24.3 Å². The largest absolute Gasteiger partial charge is 0.294 e. The van der Waals surface area contributed by atoms with Gasteiger partial charge in [-0.15, -0.1) is 0 Å². The molecule has 0 aliphatic carbocycles. The van der Waals surface area contributed by atoms with Crippen molar-refractivity contribution in [3.05, 3.63) is 45.5 Å². The number of nitro groups is 1. The van der Waals surface area contributed by atoms with Crippen LogP contribution in [0.15, 0.2) is 24.3 Å². The van der Waals surface area contributed by atoms with E-state index in [2.05, 4.69) is 0 Å². The predicted octanol–water partition coefficient (Wildman–Crippen LogP) is 2.19. The first kappa shape index (κ1) is 12.8. The first-order chi connectivity index (χ1) is 7.86. The summed E-state index contributed by atoms with van der Waals surface area (Å²) in [6, 6.07) is 8.09. The molecular weight excluding hydrogens is 220 g/mol. The van der Waals surface area contributed by atoms with E-state index < -0.39 is 10.5 Å². The highest BCUT2D eigenvalue weighted by Crippen LogP contribution is 2.17. The van der Waals surface area contributed by atoms with Crippen LogP contribution >= 0.6 is 0 Å². The maximum absolute atomic E-state index is 11.8. The second-order valence-electron chi connectivity index (χ2n) is 4.36. The van der Waals surface area contributed by atoms with Crippen molar-refractivity contribution in [2.45, 2.75) is 25.8 Å². The quantitative estimate of drug-likeness (QED) is 0.452. The van der Waals surface area contributed by atoms with Crippen molar-refractivity contribution in [1.29, 1.82) is 5.26 Å². The minimum atomic E-state index is -1.29.